The molecule has 0 heterocycles. The lowest BCUT2D eigenvalue weighted by atomic mass is 9.31. The Bertz CT molecular complexity index is 1250. The Hall–Kier alpha value is -0.610. The van der Waals surface area contributed by atoms with Crippen molar-refractivity contribution in [1.82, 2.24) is 0 Å². The number of ether oxygens (including phenoxy) is 1. The van der Waals surface area contributed by atoms with Gasteiger partial charge in [-0.25, -0.2) is 4.79 Å². The number of rotatable bonds is 21. The number of carbonyl (C=O) groups is 1. The highest BCUT2D eigenvalue weighted by molar-refractivity contribution is 5.71. The van der Waals surface area contributed by atoms with Gasteiger partial charge in [0, 0.05) is 5.41 Å². The zero-order valence-corrected chi connectivity index (χ0v) is 40.2. The molecule has 10 atom stereocenters. The van der Waals surface area contributed by atoms with Crippen molar-refractivity contribution in [3.8, 4) is 0 Å². The van der Waals surface area contributed by atoms with Crippen molar-refractivity contribution in [2.45, 2.75) is 248 Å². The average molecular weight is 797 g/mol. The van der Waals surface area contributed by atoms with Crippen molar-refractivity contribution in [1.29, 1.82) is 0 Å². The van der Waals surface area contributed by atoms with Gasteiger partial charge in [0.2, 0.25) is 0 Å². The second-order valence-corrected chi connectivity index (χ2v) is 24.3. The van der Waals surface area contributed by atoms with Gasteiger partial charge in [0.25, 0.3) is 0 Å². The van der Waals surface area contributed by atoms with E-state index in [0.29, 0.717) is 30.2 Å². The molecule has 0 amide bonds. The van der Waals surface area contributed by atoms with Gasteiger partial charge in [0.1, 0.15) is 6.10 Å². The standard InChI is InChI=1S/C53H98NO3/c1-12-14-16-18-20-22-24-26-38-54(11,39-27-25-23-21-19-17-15-13-2)40-45(55)57-44-31-32-51(8)42(49(44,5)6)30-33-53(10)43(51)29-28-41-46-47(56)48(3,4)34-35-50(46,7)36-37-52(41,53)9/h41-44,46-47,56H,12-40H2,1-11H3/q+1/t41-,42?,43?,44+,46?,47-,50-,51+,52-,53-/m1/s1. The minimum Gasteiger partial charge on any atom is -0.458 e. The quantitative estimate of drug-likeness (QED) is 0.0715. The van der Waals surface area contributed by atoms with E-state index in [1.807, 2.05) is 0 Å². The number of aliphatic hydroxyl groups is 1. The first-order chi connectivity index (χ1) is 26.8. The monoisotopic (exact) mass is 797 g/mol. The SMILES string of the molecule is CCCCCCCCCC[N+](C)(CCCCCCCCCC)CC(=O)O[C@H]1CC[C@@]2(C)C(CC[C@]3(C)C2CC[C@@H]2C4[C@@H](O)C(C)(C)CC[C@]4(C)CC[C@]23C)C1(C)C. The number of fused-ring (bicyclic) bond motifs is 7. The molecule has 0 aromatic carbocycles. The van der Waals surface area contributed by atoms with Crippen LogP contribution in [0.3, 0.4) is 0 Å². The number of likely N-dealkylation sites (N-methyl/N-ethyl adjacent to an activating group) is 1. The molecule has 0 saturated heterocycles. The third-order valence-electron chi connectivity index (χ3n) is 19.7. The van der Waals surface area contributed by atoms with Crippen LogP contribution in [0.4, 0.5) is 0 Å². The maximum absolute atomic E-state index is 14.2. The first-order valence-corrected chi connectivity index (χ1v) is 25.5. The number of unbranched alkanes of at least 4 members (excludes halogenated alkanes) is 14. The molecule has 0 spiro atoms. The zero-order chi connectivity index (χ0) is 41.8. The summed E-state index contributed by atoms with van der Waals surface area (Å²) in [4.78, 5) is 14.2. The molecule has 0 aromatic rings. The van der Waals surface area contributed by atoms with Crippen LogP contribution in [-0.4, -0.2) is 54.4 Å². The normalized spacial score (nSPS) is 38.4. The third-order valence-corrected chi connectivity index (χ3v) is 19.7. The minimum atomic E-state index is -0.196. The zero-order valence-electron chi connectivity index (χ0n) is 40.2. The van der Waals surface area contributed by atoms with E-state index in [-0.39, 0.29) is 50.7 Å². The number of aliphatic hydroxyl groups excluding tert-OH is 1. The summed E-state index contributed by atoms with van der Waals surface area (Å²) in [5.41, 5.74) is 1.08. The molecule has 1 N–H and O–H groups in total. The number of carbonyl (C=O) groups excluding carboxylic acids is 1. The van der Waals surface area contributed by atoms with Crippen LogP contribution in [0.1, 0.15) is 236 Å². The smallest absolute Gasteiger partial charge is 0.362 e. The predicted molar refractivity (Wildman–Crippen MR) is 242 cm³/mol. The number of nitrogens with zero attached hydrogens (tertiary/aromatic N) is 1. The van der Waals surface area contributed by atoms with E-state index in [0.717, 1.165) is 30.4 Å². The van der Waals surface area contributed by atoms with Gasteiger partial charge >= 0.3 is 5.97 Å². The van der Waals surface area contributed by atoms with Gasteiger partial charge in [-0.15, -0.1) is 0 Å². The second kappa shape index (κ2) is 19.2. The minimum absolute atomic E-state index is 0.00838. The van der Waals surface area contributed by atoms with Gasteiger partial charge in [-0.05, 0) is 141 Å². The number of quaternary nitrogens is 1. The molecule has 5 saturated carbocycles. The molecule has 5 aliphatic carbocycles. The summed E-state index contributed by atoms with van der Waals surface area (Å²) in [5, 5.41) is 12.1. The predicted octanol–water partition coefficient (Wildman–Crippen LogP) is 14.5. The van der Waals surface area contributed by atoms with E-state index >= 15 is 0 Å². The number of hydrogen-bond acceptors (Lipinski definition) is 3. The highest BCUT2D eigenvalue weighted by Gasteiger charge is 2.71. The van der Waals surface area contributed by atoms with Gasteiger partial charge in [-0.1, -0.05) is 146 Å². The summed E-state index contributed by atoms with van der Waals surface area (Å²) in [6.45, 7) is 27.6. The Morgan fingerprint density at radius 2 is 1.12 bits per heavy atom. The lowest BCUT2D eigenvalue weighted by Crippen LogP contribution is -2.68. The molecule has 5 aliphatic rings. The maximum atomic E-state index is 14.2. The molecular weight excluding hydrogens is 699 g/mol. The largest absolute Gasteiger partial charge is 0.458 e. The van der Waals surface area contributed by atoms with Crippen LogP contribution >= 0.6 is 0 Å². The van der Waals surface area contributed by atoms with E-state index in [1.165, 1.54) is 154 Å². The first-order valence-electron chi connectivity index (χ1n) is 25.5. The average Bonchev–Trinajstić information content (AvgIpc) is 3.14. The van der Waals surface area contributed by atoms with Crippen molar-refractivity contribution in [2.24, 2.45) is 56.2 Å². The summed E-state index contributed by atoms with van der Waals surface area (Å²) in [5.74, 6) is 2.36. The molecule has 0 aliphatic heterocycles. The van der Waals surface area contributed by atoms with E-state index < -0.39 is 0 Å². The third kappa shape index (κ3) is 9.88. The summed E-state index contributed by atoms with van der Waals surface area (Å²) in [6, 6.07) is 0. The molecule has 4 heteroatoms. The van der Waals surface area contributed by atoms with E-state index in [1.54, 1.807) is 0 Å². The van der Waals surface area contributed by atoms with Crippen molar-refractivity contribution >= 4 is 5.97 Å². The van der Waals surface area contributed by atoms with Gasteiger partial charge < -0.3 is 14.3 Å². The Balaban J connectivity index is 1.22. The van der Waals surface area contributed by atoms with Gasteiger partial charge in [0.15, 0.2) is 6.54 Å². The van der Waals surface area contributed by atoms with Crippen LogP contribution in [0, 0.1) is 56.2 Å². The number of esters is 1. The molecule has 332 valence electrons. The lowest BCUT2D eigenvalue weighted by molar-refractivity contribution is -0.903. The molecule has 57 heavy (non-hydrogen) atoms. The molecule has 3 unspecified atom stereocenters. The second-order valence-electron chi connectivity index (χ2n) is 24.3. The van der Waals surface area contributed by atoms with Crippen molar-refractivity contribution in [2.75, 3.05) is 26.7 Å². The number of hydrogen-bond donors (Lipinski definition) is 1. The van der Waals surface area contributed by atoms with Gasteiger partial charge in [-0.3, -0.25) is 0 Å². The van der Waals surface area contributed by atoms with Crippen LogP contribution in [0.15, 0.2) is 0 Å². The summed E-state index contributed by atoms with van der Waals surface area (Å²) in [6.07, 6.45) is 33.5. The molecular formula is C53H98NO3+. The maximum Gasteiger partial charge on any atom is 0.362 e. The highest BCUT2D eigenvalue weighted by atomic mass is 16.5. The molecule has 5 fully saturated rings. The van der Waals surface area contributed by atoms with Crippen molar-refractivity contribution in [3.63, 3.8) is 0 Å². The molecule has 0 bridgehead atoms. The van der Waals surface area contributed by atoms with E-state index in [9.17, 15) is 9.90 Å². The van der Waals surface area contributed by atoms with Crippen LogP contribution in [0.2, 0.25) is 0 Å². The Labute approximate surface area is 355 Å². The van der Waals surface area contributed by atoms with Crippen molar-refractivity contribution < 1.29 is 19.1 Å². The van der Waals surface area contributed by atoms with Crippen LogP contribution in [0.5, 0.6) is 0 Å². The summed E-state index contributed by atoms with van der Waals surface area (Å²) >= 11 is 0. The Kier molecular flexibility index (Phi) is 16.0. The van der Waals surface area contributed by atoms with E-state index in [4.69, 9.17) is 4.74 Å². The Morgan fingerprint density at radius 3 is 1.68 bits per heavy atom. The topological polar surface area (TPSA) is 46.5 Å². The van der Waals surface area contributed by atoms with Crippen LogP contribution < -0.4 is 0 Å². The summed E-state index contributed by atoms with van der Waals surface area (Å²) < 4.78 is 7.60. The Morgan fingerprint density at radius 1 is 0.596 bits per heavy atom. The fourth-order valence-corrected chi connectivity index (χ4v) is 15.6. The van der Waals surface area contributed by atoms with Crippen LogP contribution in [-0.2, 0) is 9.53 Å². The molecule has 5 rings (SSSR count). The highest BCUT2D eigenvalue weighted by Crippen LogP contribution is 2.77. The summed E-state index contributed by atoms with van der Waals surface area (Å²) in [7, 11) is 2.37. The molecule has 0 aromatic heterocycles. The first kappa shape index (κ1) is 47.4. The fourth-order valence-electron chi connectivity index (χ4n) is 15.6. The molecule has 4 nitrogen and oxygen atoms in total. The van der Waals surface area contributed by atoms with Gasteiger partial charge in [-0.2, -0.15) is 0 Å². The lowest BCUT2D eigenvalue weighted by Gasteiger charge is -2.74. The van der Waals surface area contributed by atoms with Crippen molar-refractivity contribution in [3.05, 3.63) is 0 Å². The molecule has 0 radical (unpaired) electrons. The fraction of sp³-hybridized carbons (Fsp3) is 0.981. The van der Waals surface area contributed by atoms with Gasteiger partial charge in [0.05, 0.1) is 26.2 Å². The van der Waals surface area contributed by atoms with Crippen LogP contribution in [0.25, 0.3) is 0 Å². The van der Waals surface area contributed by atoms with E-state index in [2.05, 4.69) is 76.3 Å².